The van der Waals surface area contributed by atoms with Gasteiger partial charge in [-0.3, -0.25) is 14.7 Å². The Bertz CT molecular complexity index is 1540. The smallest absolute Gasteiger partial charge is 0.269 e. The molecule has 0 bridgehead atoms. The van der Waals surface area contributed by atoms with E-state index in [9.17, 15) is 22.9 Å². The Morgan fingerprint density at radius 1 is 1.11 bits per heavy atom. The maximum absolute atomic E-state index is 13.3. The lowest BCUT2D eigenvalue weighted by molar-refractivity contribution is -0.384. The van der Waals surface area contributed by atoms with Gasteiger partial charge in [-0.2, -0.15) is 0 Å². The van der Waals surface area contributed by atoms with Crippen molar-refractivity contribution in [2.24, 2.45) is 0 Å². The molecule has 4 rings (SSSR count). The number of nitrogens with zero attached hydrogens (tertiary/aromatic N) is 4. The molecule has 1 atom stereocenters. The van der Waals surface area contributed by atoms with Gasteiger partial charge in [0.25, 0.3) is 5.69 Å². The third-order valence-electron chi connectivity index (χ3n) is 5.43. The fourth-order valence-electron chi connectivity index (χ4n) is 3.53. The van der Waals surface area contributed by atoms with Crippen LogP contribution in [0.15, 0.2) is 76.8 Å². The molecule has 0 radical (unpaired) electrons. The van der Waals surface area contributed by atoms with Gasteiger partial charge < -0.3 is 0 Å². The van der Waals surface area contributed by atoms with Gasteiger partial charge in [0.2, 0.25) is 10.0 Å². The molecule has 37 heavy (non-hydrogen) atoms. The van der Waals surface area contributed by atoms with Crippen molar-refractivity contribution in [3.05, 3.63) is 105 Å². The Morgan fingerprint density at radius 3 is 2.43 bits per heavy atom. The van der Waals surface area contributed by atoms with Crippen molar-refractivity contribution in [2.45, 2.75) is 35.7 Å². The largest absolute Gasteiger partial charge is 0.272 e. The highest BCUT2D eigenvalue weighted by atomic mass is 35.5. The topological polar surface area (TPSA) is 120 Å². The number of aromatic nitrogens is 3. The molecule has 13 heteroatoms. The number of hydrogen-bond donors (Lipinski definition) is 1. The molecule has 0 amide bonds. The second kappa shape index (κ2) is 11.0. The molecule has 0 aliphatic carbocycles. The van der Waals surface area contributed by atoms with Gasteiger partial charge in [0, 0.05) is 22.9 Å². The van der Waals surface area contributed by atoms with Gasteiger partial charge in [-0.25, -0.2) is 17.5 Å². The molecule has 4 aromatic rings. The number of rotatable bonds is 9. The second-order valence-electron chi connectivity index (χ2n) is 8.12. The Kier molecular flexibility index (Phi) is 7.93. The summed E-state index contributed by atoms with van der Waals surface area (Å²) < 4.78 is 43.6. The molecule has 1 N–H and O–H groups in total. The standard InChI is InChI=1S/C24H21ClFN5O4S2/c1-15-3-6-18(25)13-22(15)30-23(27-28-24(30)36-14-17-4-7-19(26)8-5-17)16(2)29-37(34,35)21-11-9-20(10-12-21)31(32)33/h3-13,16,29H,14H2,1-2H3. The van der Waals surface area contributed by atoms with Crippen LogP contribution in [0.3, 0.4) is 0 Å². The Labute approximate surface area is 221 Å². The number of sulfonamides is 1. The van der Waals surface area contributed by atoms with E-state index in [0.717, 1.165) is 23.3 Å². The fourth-order valence-corrected chi connectivity index (χ4v) is 5.81. The maximum atomic E-state index is 13.3. The Morgan fingerprint density at radius 2 is 1.78 bits per heavy atom. The van der Waals surface area contributed by atoms with Crippen LogP contribution in [0.2, 0.25) is 5.02 Å². The first-order valence-corrected chi connectivity index (χ1v) is 13.8. The molecule has 9 nitrogen and oxygen atoms in total. The van der Waals surface area contributed by atoms with Crippen molar-refractivity contribution < 1.29 is 17.7 Å². The van der Waals surface area contributed by atoms with Crippen molar-refractivity contribution in [3.63, 3.8) is 0 Å². The molecule has 1 aromatic heterocycles. The lowest BCUT2D eigenvalue weighted by atomic mass is 10.2. The number of hydrogen-bond acceptors (Lipinski definition) is 7. The van der Waals surface area contributed by atoms with Crippen LogP contribution in [-0.2, 0) is 15.8 Å². The van der Waals surface area contributed by atoms with Gasteiger partial charge in [0.05, 0.1) is 21.5 Å². The average molecular weight is 562 g/mol. The zero-order valence-electron chi connectivity index (χ0n) is 19.6. The van der Waals surface area contributed by atoms with E-state index < -0.39 is 21.0 Å². The number of aryl methyl sites for hydroxylation is 1. The first-order chi connectivity index (χ1) is 17.5. The molecule has 0 saturated carbocycles. The molecular weight excluding hydrogens is 541 g/mol. The van der Waals surface area contributed by atoms with Crippen LogP contribution >= 0.6 is 23.4 Å². The van der Waals surface area contributed by atoms with Crippen LogP contribution in [0.4, 0.5) is 10.1 Å². The van der Waals surface area contributed by atoms with E-state index in [1.807, 2.05) is 13.0 Å². The molecule has 0 aliphatic heterocycles. The number of thioether (sulfide) groups is 1. The summed E-state index contributed by atoms with van der Waals surface area (Å²) in [6.45, 7) is 3.51. The highest BCUT2D eigenvalue weighted by Crippen LogP contribution is 2.31. The average Bonchev–Trinajstić information content (AvgIpc) is 3.29. The zero-order chi connectivity index (χ0) is 26.7. The molecule has 0 aliphatic rings. The second-order valence-corrected chi connectivity index (χ2v) is 11.2. The summed E-state index contributed by atoms with van der Waals surface area (Å²) in [4.78, 5) is 10.2. The Balaban J connectivity index is 1.68. The van der Waals surface area contributed by atoms with E-state index in [0.29, 0.717) is 27.4 Å². The quantitative estimate of drug-likeness (QED) is 0.160. The van der Waals surface area contributed by atoms with Gasteiger partial charge in [0.1, 0.15) is 5.82 Å². The van der Waals surface area contributed by atoms with Crippen molar-refractivity contribution in [1.82, 2.24) is 19.5 Å². The number of benzene rings is 3. The van der Waals surface area contributed by atoms with Crippen LogP contribution in [0.5, 0.6) is 0 Å². The minimum absolute atomic E-state index is 0.124. The summed E-state index contributed by atoms with van der Waals surface area (Å²) >= 11 is 7.63. The van der Waals surface area contributed by atoms with Crippen LogP contribution in [-0.4, -0.2) is 28.1 Å². The first kappa shape index (κ1) is 26.7. The molecular formula is C24H21ClFN5O4S2. The van der Waals surface area contributed by atoms with Crippen molar-refractivity contribution in [3.8, 4) is 5.69 Å². The summed E-state index contributed by atoms with van der Waals surface area (Å²) in [7, 11) is -4.04. The molecule has 0 spiro atoms. The van der Waals surface area contributed by atoms with Crippen LogP contribution in [0.25, 0.3) is 5.69 Å². The normalized spacial score (nSPS) is 12.4. The van der Waals surface area contributed by atoms with E-state index in [-0.39, 0.29) is 16.4 Å². The number of halogens is 2. The number of nitro benzene ring substituents is 1. The van der Waals surface area contributed by atoms with Crippen molar-refractivity contribution >= 4 is 39.1 Å². The van der Waals surface area contributed by atoms with Crippen LogP contribution in [0, 0.1) is 22.9 Å². The van der Waals surface area contributed by atoms with E-state index in [1.54, 1.807) is 35.8 Å². The van der Waals surface area contributed by atoms with E-state index in [4.69, 9.17) is 11.6 Å². The van der Waals surface area contributed by atoms with Gasteiger partial charge in [-0.05, 0) is 61.4 Å². The molecule has 3 aromatic carbocycles. The summed E-state index contributed by atoms with van der Waals surface area (Å²) in [6, 6.07) is 15.2. The lowest BCUT2D eigenvalue weighted by Crippen LogP contribution is -2.29. The number of non-ortho nitro benzene ring substituents is 1. The summed E-state index contributed by atoms with van der Waals surface area (Å²) in [5, 5.41) is 20.5. The van der Waals surface area contributed by atoms with E-state index >= 15 is 0 Å². The number of nitrogens with one attached hydrogen (secondary N) is 1. The van der Waals surface area contributed by atoms with Crippen molar-refractivity contribution in [2.75, 3.05) is 0 Å². The minimum Gasteiger partial charge on any atom is -0.272 e. The predicted molar refractivity (Wildman–Crippen MR) is 139 cm³/mol. The third kappa shape index (κ3) is 6.16. The third-order valence-corrected chi connectivity index (χ3v) is 8.22. The zero-order valence-corrected chi connectivity index (χ0v) is 22.0. The molecule has 1 heterocycles. The summed E-state index contributed by atoms with van der Waals surface area (Å²) in [5.74, 6) is 0.460. The molecule has 192 valence electrons. The first-order valence-electron chi connectivity index (χ1n) is 10.9. The monoisotopic (exact) mass is 561 g/mol. The van der Waals surface area contributed by atoms with Crippen molar-refractivity contribution in [1.29, 1.82) is 0 Å². The summed E-state index contributed by atoms with van der Waals surface area (Å²) in [6.07, 6.45) is 0. The predicted octanol–water partition coefficient (Wildman–Crippen LogP) is 5.61. The van der Waals surface area contributed by atoms with Crippen LogP contribution < -0.4 is 4.72 Å². The van der Waals surface area contributed by atoms with Crippen LogP contribution in [0.1, 0.15) is 29.9 Å². The fraction of sp³-hybridized carbons (Fsp3) is 0.167. The minimum atomic E-state index is -4.04. The Hall–Kier alpha value is -3.32. The molecule has 0 fully saturated rings. The highest BCUT2D eigenvalue weighted by Gasteiger charge is 2.26. The lowest BCUT2D eigenvalue weighted by Gasteiger charge is -2.18. The number of nitro groups is 1. The van der Waals surface area contributed by atoms with Gasteiger partial charge in [0.15, 0.2) is 11.0 Å². The van der Waals surface area contributed by atoms with E-state index in [2.05, 4.69) is 14.9 Å². The van der Waals surface area contributed by atoms with Gasteiger partial charge in [-0.1, -0.05) is 41.6 Å². The van der Waals surface area contributed by atoms with Gasteiger partial charge >= 0.3 is 0 Å². The SMILES string of the molecule is Cc1ccc(Cl)cc1-n1c(SCc2ccc(F)cc2)nnc1C(C)NS(=O)(=O)c1ccc([N+](=O)[O-])cc1. The van der Waals surface area contributed by atoms with Gasteiger partial charge in [-0.15, -0.1) is 10.2 Å². The molecule has 1 unspecified atom stereocenters. The molecule has 0 saturated heterocycles. The highest BCUT2D eigenvalue weighted by molar-refractivity contribution is 7.98. The maximum Gasteiger partial charge on any atom is 0.269 e. The van der Waals surface area contributed by atoms with E-state index in [1.165, 1.54) is 36.0 Å². The summed E-state index contributed by atoms with van der Waals surface area (Å²) in [5.41, 5.74) is 2.19.